The van der Waals surface area contributed by atoms with Gasteiger partial charge in [0.15, 0.2) is 6.61 Å². The standard InChI is InChI=1S/C25H20ClF3N2O8S/c1-37-23(33)14-8-15(24(34)38-2)10-18(9-14)30-22(32)13-39-21-7-6-19(12-20(21)26)40(35,36)31-17-5-3-4-16(11-17)25(27,28)29/h3-12,31H,13H2,1-2H3,(H,30,32). The zero-order valence-electron chi connectivity index (χ0n) is 20.7. The van der Waals surface area contributed by atoms with Crippen molar-refractivity contribution in [3.05, 3.63) is 82.4 Å². The van der Waals surface area contributed by atoms with Gasteiger partial charge in [0.2, 0.25) is 0 Å². The molecule has 40 heavy (non-hydrogen) atoms. The maximum Gasteiger partial charge on any atom is 0.416 e. The zero-order chi connectivity index (χ0) is 29.7. The number of ether oxygens (including phenoxy) is 3. The highest BCUT2D eigenvalue weighted by atomic mass is 35.5. The van der Waals surface area contributed by atoms with Crippen LogP contribution >= 0.6 is 11.6 Å². The second kappa shape index (κ2) is 12.3. The molecule has 0 atom stereocenters. The van der Waals surface area contributed by atoms with Gasteiger partial charge in [0, 0.05) is 11.4 Å². The number of hydrogen-bond donors (Lipinski definition) is 2. The average Bonchev–Trinajstić information content (AvgIpc) is 2.90. The number of alkyl halides is 3. The van der Waals surface area contributed by atoms with Crippen molar-refractivity contribution in [3.63, 3.8) is 0 Å². The van der Waals surface area contributed by atoms with Gasteiger partial charge in [-0.05, 0) is 54.6 Å². The summed E-state index contributed by atoms with van der Waals surface area (Å²) in [5.74, 6) is -2.33. The lowest BCUT2D eigenvalue weighted by atomic mass is 10.1. The van der Waals surface area contributed by atoms with Crippen LogP contribution in [0.4, 0.5) is 24.5 Å². The minimum Gasteiger partial charge on any atom is -0.482 e. The van der Waals surface area contributed by atoms with E-state index in [1.165, 1.54) is 18.2 Å². The Balaban J connectivity index is 1.70. The highest BCUT2D eigenvalue weighted by Gasteiger charge is 2.31. The molecule has 0 heterocycles. The monoisotopic (exact) mass is 600 g/mol. The maximum atomic E-state index is 12.9. The van der Waals surface area contributed by atoms with Gasteiger partial charge < -0.3 is 19.5 Å². The third-order valence-corrected chi connectivity index (χ3v) is 6.75. The van der Waals surface area contributed by atoms with Crippen molar-refractivity contribution < 1.29 is 50.2 Å². The van der Waals surface area contributed by atoms with Gasteiger partial charge in [0.1, 0.15) is 5.75 Å². The van der Waals surface area contributed by atoms with Crippen LogP contribution in [-0.2, 0) is 30.5 Å². The van der Waals surface area contributed by atoms with Gasteiger partial charge in [-0.3, -0.25) is 9.52 Å². The summed E-state index contributed by atoms with van der Waals surface area (Å²) in [5.41, 5.74) is -1.34. The summed E-state index contributed by atoms with van der Waals surface area (Å²) in [7, 11) is -2.05. The lowest BCUT2D eigenvalue weighted by molar-refractivity contribution is -0.137. The summed E-state index contributed by atoms with van der Waals surface area (Å²) in [6.07, 6.45) is -4.66. The summed E-state index contributed by atoms with van der Waals surface area (Å²) in [4.78, 5) is 35.9. The first-order valence-electron chi connectivity index (χ1n) is 11.0. The molecule has 2 N–H and O–H groups in total. The summed E-state index contributed by atoms with van der Waals surface area (Å²) in [5, 5.41) is 2.23. The molecular weight excluding hydrogens is 581 g/mol. The largest absolute Gasteiger partial charge is 0.482 e. The van der Waals surface area contributed by atoms with Gasteiger partial charge in [-0.25, -0.2) is 18.0 Å². The van der Waals surface area contributed by atoms with Crippen LogP contribution in [0.15, 0.2) is 65.6 Å². The van der Waals surface area contributed by atoms with Crippen molar-refractivity contribution in [1.82, 2.24) is 0 Å². The quantitative estimate of drug-likeness (QED) is 0.336. The maximum absolute atomic E-state index is 12.9. The second-order valence-corrected chi connectivity index (χ2v) is 9.98. The van der Waals surface area contributed by atoms with Crippen LogP contribution in [0.25, 0.3) is 0 Å². The highest BCUT2D eigenvalue weighted by Crippen LogP contribution is 2.32. The van der Waals surface area contributed by atoms with Crippen LogP contribution in [0.3, 0.4) is 0 Å². The van der Waals surface area contributed by atoms with Gasteiger partial charge in [-0.1, -0.05) is 17.7 Å². The van der Waals surface area contributed by atoms with E-state index in [4.69, 9.17) is 16.3 Å². The van der Waals surface area contributed by atoms with Crippen LogP contribution in [0.5, 0.6) is 5.75 Å². The Bertz CT molecular complexity index is 1530. The fraction of sp³-hybridized carbons (Fsp3) is 0.160. The number of nitrogens with one attached hydrogen (secondary N) is 2. The van der Waals surface area contributed by atoms with Crippen molar-refractivity contribution in [3.8, 4) is 5.75 Å². The molecule has 0 spiro atoms. The number of sulfonamides is 1. The van der Waals surface area contributed by atoms with E-state index in [9.17, 15) is 36.0 Å². The van der Waals surface area contributed by atoms with E-state index in [1.807, 2.05) is 4.72 Å². The van der Waals surface area contributed by atoms with Crippen molar-refractivity contribution in [2.75, 3.05) is 30.9 Å². The van der Waals surface area contributed by atoms with Crippen LogP contribution in [0.2, 0.25) is 5.02 Å². The average molecular weight is 601 g/mol. The van der Waals surface area contributed by atoms with Crippen molar-refractivity contribution in [2.24, 2.45) is 0 Å². The molecule has 212 valence electrons. The molecule has 3 rings (SSSR count). The summed E-state index contributed by atoms with van der Waals surface area (Å²) in [6.45, 7) is -0.607. The molecule has 15 heteroatoms. The number of carbonyl (C=O) groups is 3. The number of anilines is 2. The van der Waals surface area contributed by atoms with Crippen molar-refractivity contribution in [1.29, 1.82) is 0 Å². The highest BCUT2D eigenvalue weighted by molar-refractivity contribution is 7.92. The molecule has 0 saturated carbocycles. The smallest absolute Gasteiger partial charge is 0.416 e. The number of amides is 1. The summed E-state index contributed by atoms with van der Waals surface area (Å²) >= 11 is 6.11. The van der Waals surface area contributed by atoms with Gasteiger partial charge in [0.25, 0.3) is 15.9 Å². The number of benzene rings is 3. The number of hydrogen-bond acceptors (Lipinski definition) is 8. The zero-order valence-corrected chi connectivity index (χ0v) is 22.2. The third-order valence-electron chi connectivity index (χ3n) is 5.07. The minimum atomic E-state index is -4.66. The molecule has 0 bridgehead atoms. The Morgan fingerprint density at radius 3 is 2.05 bits per heavy atom. The molecule has 0 radical (unpaired) electrons. The molecular formula is C25H20ClF3N2O8S. The number of esters is 2. The molecule has 0 fully saturated rings. The fourth-order valence-electron chi connectivity index (χ4n) is 3.25. The molecule has 0 aliphatic carbocycles. The van der Waals surface area contributed by atoms with Crippen molar-refractivity contribution >= 4 is 50.8 Å². The summed E-state index contributed by atoms with van der Waals surface area (Å²) < 4.78 is 80.8. The number of methoxy groups -OCH3 is 2. The molecule has 10 nitrogen and oxygen atoms in total. The van der Waals surface area contributed by atoms with Crippen molar-refractivity contribution in [2.45, 2.75) is 11.1 Å². The number of carbonyl (C=O) groups excluding carboxylic acids is 3. The lowest BCUT2D eigenvalue weighted by Crippen LogP contribution is -2.21. The third kappa shape index (κ3) is 7.64. The Labute approximate surface area is 231 Å². The van der Waals surface area contributed by atoms with E-state index in [1.54, 1.807) is 0 Å². The Morgan fingerprint density at radius 1 is 0.875 bits per heavy atom. The molecule has 0 aliphatic rings. The van der Waals surface area contributed by atoms with E-state index in [0.717, 1.165) is 50.6 Å². The Kier molecular flexibility index (Phi) is 9.27. The summed E-state index contributed by atoms with van der Waals surface area (Å²) in [6, 6.07) is 10.6. The van der Waals surface area contributed by atoms with E-state index in [0.29, 0.717) is 6.07 Å². The van der Waals surface area contributed by atoms with E-state index >= 15 is 0 Å². The first kappa shape index (κ1) is 30.2. The fourth-order valence-corrected chi connectivity index (χ4v) is 4.63. The minimum absolute atomic E-state index is 0.0276. The SMILES string of the molecule is COC(=O)c1cc(NC(=O)COc2ccc(S(=O)(=O)Nc3cccc(C(F)(F)F)c3)cc2Cl)cc(C(=O)OC)c1. The molecule has 0 aliphatic heterocycles. The predicted octanol–water partition coefficient (Wildman–Crippen LogP) is 4.75. The topological polar surface area (TPSA) is 137 Å². The molecule has 0 aromatic heterocycles. The van der Waals surface area contributed by atoms with E-state index in [-0.39, 0.29) is 38.2 Å². The van der Waals surface area contributed by atoms with Gasteiger partial charge in [-0.2, -0.15) is 13.2 Å². The normalized spacial score (nSPS) is 11.3. The Hall–Kier alpha value is -4.30. The van der Waals surface area contributed by atoms with Gasteiger partial charge >= 0.3 is 18.1 Å². The first-order valence-corrected chi connectivity index (χ1v) is 12.8. The molecule has 3 aromatic rings. The number of halogens is 4. The predicted molar refractivity (Wildman–Crippen MR) is 137 cm³/mol. The van der Waals surface area contributed by atoms with Crippen LogP contribution in [0.1, 0.15) is 26.3 Å². The molecule has 3 aromatic carbocycles. The van der Waals surface area contributed by atoms with E-state index < -0.39 is 46.2 Å². The number of rotatable bonds is 9. The van der Waals surface area contributed by atoms with Gasteiger partial charge in [0.05, 0.1) is 40.8 Å². The lowest BCUT2D eigenvalue weighted by Gasteiger charge is -2.13. The molecule has 0 saturated heterocycles. The Morgan fingerprint density at radius 2 is 1.50 bits per heavy atom. The molecule has 0 unspecified atom stereocenters. The van der Waals surface area contributed by atoms with Crippen LogP contribution in [0, 0.1) is 0 Å². The second-order valence-electron chi connectivity index (χ2n) is 7.90. The first-order chi connectivity index (χ1) is 18.7. The van der Waals surface area contributed by atoms with Gasteiger partial charge in [-0.15, -0.1) is 0 Å². The van der Waals surface area contributed by atoms with Crippen LogP contribution < -0.4 is 14.8 Å². The van der Waals surface area contributed by atoms with E-state index in [2.05, 4.69) is 14.8 Å². The molecule has 1 amide bonds. The van der Waals surface area contributed by atoms with Crippen LogP contribution in [-0.4, -0.2) is 47.1 Å².